The molecule has 0 bridgehead atoms. The van der Waals surface area contributed by atoms with Gasteiger partial charge in [0.25, 0.3) is 0 Å². The van der Waals surface area contributed by atoms with Gasteiger partial charge in [-0.05, 0) is 13.0 Å². The highest BCUT2D eigenvalue weighted by Gasteiger charge is 2.21. The molecule has 1 saturated heterocycles. The van der Waals surface area contributed by atoms with Crippen LogP contribution >= 0.6 is 0 Å². The van der Waals surface area contributed by atoms with Gasteiger partial charge in [0.05, 0.1) is 6.54 Å². The first-order chi connectivity index (χ1) is 5.59. The Kier molecular flexibility index (Phi) is 3.09. The molecule has 0 atom stereocenters. The fourth-order valence-corrected chi connectivity index (χ4v) is 1.46. The van der Waals surface area contributed by atoms with Crippen LogP contribution < -0.4 is 0 Å². The second-order valence-corrected chi connectivity index (χ2v) is 3.97. The summed E-state index contributed by atoms with van der Waals surface area (Å²) in [6.07, 6.45) is 0. The minimum Gasteiger partial charge on any atom is -0.340 e. The molecule has 1 aliphatic heterocycles. The highest BCUT2D eigenvalue weighted by Crippen LogP contribution is 2.04. The van der Waals surface area contributed by atoms with E-state index in [1.54, 1.807) is 0 Å². The monoisotopic (exact) mass is 170 g/mol. The Morgan fingerprint density at radius 3 is 2.58 bits per heavy atom. The number of amides is 1. The molecule has 12 heavy (non-hydrogen) atoms. The zero-order valence-electron chi connectivity index (χ0n) is 8.21. The molecule has 1 amide bonds. The van der Waals surface area contributed by atoms with Crippen molar-refractivity contribution in [3.63, 3.8) is 0 Å². The van der Waals surface area contributed by atoms with E-state index < -0.39 is 0 Å². The summed E-state index contributed by atoms with van der Waals surface area (Å²) >= 11 is 0. The fraction of sp³-hybridized carbons (Fsp3) is 0.889. The van der Waals surface area contributed by atoms with Gasteiger partial charge < -0.3 is 4.90 Å². The molecule has 0 aromatic rings. The highest BCUT2D eigenvalue weighted by molar-refractivity contribution is 5.78. The molecular formula is C9H18N2O. The first kappa shape index (κ1) is 9.52. The molecule has 0 aromatic heterocycles. The largest absolute Gasteiger partial charge is 0.340 e. The Hall–Kier alpha value is -0.570. The van der Waals surface area contributed by atoms with Gasteiger partial charge in [0.15, 0.2) is 0 Å². The Morgan fingerprint density at radius 1 is 1.42 bits per heavy atom. The van der Waals surface area contributed by atoms with Gasteiger partial charge >= 0.3 is 0 Å². The van der Waals surface area contributed by atoms with Crippen LogP contribution in [0.25, 0.3) is 0 Å². The van der Waals surface area contributed by atoms with Gasteiger partial charge in [-0.2, -0.15) is 0 Å². The summed E-state index contributed by atoms with van der Waals surface area (Å²) in [6, 6.07) is 0. The van der Waals surface area contributed by atoms with Crippen molar-refractivity contribution in [2.45, 2.75) is 13.8 Å². The summed E-state index contributed by atoms with van der Waals surface area (Å²) in [5, 5.41) is 0. The molecule has 0 saturated carbocycles. The number of piperazine rings is 1. The molecule has 0 unspecified atom stereocenters. The van der Waals surface area contributed by atoms with Crippen molar-refractivity contribution in [3.05, 3.63) is 0 Å². The molecule has 1 aliphatic rings. The van der Waals surface area contributed by atoms with E-state index >= 15 is 0 Å². The van der Waals surface area contributed by atoms with Crippen LogP contribution in [0.2, 0.25) is 0 Å². The third kappa shape index (κ3) is 2.48. The van der Waals surface area contributed by atoms with Crippen LogP contribution in [0, 0.1) is 5.92 Å². The summed E-state index contributed by atoms with van der Waals surface area (Å²) in [5.41, 5.74) is 0. The lowest BCUT2D eigenvalue weighted by Gasteiger charge is -2.33. The van der Waals surface area contributed by atoms with Gasteiger partial charge in [0.2, 0.25) is 5.91 Å². The molecule has 1 rings (SSSR count). The topological polar surface area (TPSA) is 23.6 Å². The van der Waals surface area contributed by atoms with E-state index in [1.807, 2.05) is 11.9 Å². The van der Waals surface area contributed by atoms with Crippen molar-refractivity contribution in [3.8, 4) is 0 Å². The van der Waals surface area contributed by atoms with E-state index in [0.717, 1.165) is 19.6 Å². The number of nitrogens with zero attached hydrogens (tertiary/aromatic N) is 2. The molecule has 0 aliphatic carbocycles. The number of carbonyl (C=O) groups is 1. The predicted molar refractivity (Wildman–Crippen MR) is 48.9 cm³/mol. The molecule has 0 aromatic carbocycles. The number of hydrogen-bond acceptors (Lipinski definition) is 2. The van der Waals surface area contributed by atoms with Gasteiger partial charge in [0, 0.05) is 19.6 Å². The van der Waals surface area contributed by atoms with E-state index in [1.165, 1.54) is 0 Å². The zero-order chi connectivity index (χ0) is 9.14. The van der Waals surface area contributed by atoms with Crippen LogP contribution in [0.4, 0.5) is 0 Å². The van der Waals surface area contributed by atoms with Crippen LogP contribution in [0.5, 0.6) is 0 Å². The lowest BCUT2D eigenvalue weighted by atomic mass is 10.2. The second-order valence-electron chi connectivity index (χ2n) is 3.97. The molecule has 1 fully saturated rings. The third-order valence-corrected chi connectivity index (χ3v) is 2.10. The molecular weight excluding hydrogens is 152 g/mol. The maximum Gasteiger partial charge on any atom is 0.236 e. The summed E-state index contributed by atoms with van der Waals surface area (Å²) < 4.78 is 0. The van der Waals surface area contributed by atoms with Crippen LogP contribution in [0.1, 0.15) is 13.8 Å². The van der Waals surface area contributed by atoms with Gasteiger partial charge in [0.1, 0.15) is 0 Å². The number of carbonyl (C=O) groups excluding carboxylic acids is 1. The van der Waals surface area contributed by atoms with Crippen LogP contribution in [0.15, 0.2) is 0 Å². The molecule has 3 heteroatoms. The Balaban J connectivity index is 2.40. The van der Waals surface area contributed by atoms with Gasteiger partial charge in [-0.15, -0.1) is 0 Å². The Morgan fingerprint density at radius 2 is 2.08 bits per heavy atom. The first-order valence-corrected chi connectivity index (χ1v) is 4.56. The standard InChI is InChI=1S/C9H18N2O/c1-8(2)6-11-5-4-10(3)7-9(11)12/h8H,4-7H2,1-3H3. The van der Waals surface area contributed by atoms with Crippen molar-refractivity contribution in [1.82, 2.24) is 9.80 Å². The van der Waals surface area contributed by atoms with Crippen LogP contribution in [0.3, 0.4) is 0 Å². The average molecular weight is 170 g/mol. The summed E-state index contributed by atoms with van der Waals surface area (Å²) in [6.45, 7) is 7.70. The molecule has 0 N–H and O–H groups in total. The van der Waals surface area contributed by atoms with E-state index in [2.05, 4.69) is 18.7 Å². The van der Waals surface area contributed by atoms with Crippen LogP contribution in [-0.4, -0.2) is 48.9 Å². The summed E-state index contributed by atoms with van der Waals surface area (Å²) in [7, 11) is 1.99. The zero-order valence-corrected chi connectivity index (χ0v) is 8.21. The maximum absolute atomic E-state index is 11.4. The average Bonchev–Trinajstić information content (AvgIpc) is 1.94. The first-order valence-electron chi connectivity index (χ1n) is 4.56. The van der Waals surface area contributed by atoms with Gasteiger partial charge in [-0.3, -0.25) is 9.69 Å². The van der Waals surface area contributed by atoms with E-state index in [-0.39, 0.29) is 5.91 Å². The van der Waals surface area contributed by atoms with Crippen molar-refractivity contribution < 1.29 is 4.79 Å². The maximum atomic E-state index is 11.4. The minimum absolute atomic E-state index is 0.275. The third-order valence-electron chi connectivity index (χ3n) is 2.10. The Bertz CT molecular complexity index is 168. The lowest BCUT2D eigenvalue weighted by Crippen LogP contribution is -2.49. The van der Waals surface area contributed by atoms with Gasteiger partial charge in [-0.1, -0.05) is 13.8 Å². The number of likely N-dealkylation sites (N-methyl/N-ethyl adjacent to an activating group) is 1. The fourth-order valence-electron chi connectivity index (χ4n) is 1.46. The molecule has 70 valence electrons. The van der Waals surface area contributed by atoms with Crippen molar-refractivity contribution in [1.29, 1.82) is 0 Å². The smallest absolute Gasteiger partial charge is 0.236 e. The lowest BCUT2D eigenvalue weighted by molar-refractivity contribution is -0.135. The van der Waals surface area contributed by atoms with Gasteiger partial charge in [-0.25, -0.2) is 0 Å². The minimum atomic E-state index is 0.275. The second kappa shape index (κ2) is 3.90. The molecule has 0 spiro atoms. The van der Waals surface area contributed by atoms with E-state index in [0.29, 0.717) is 12.5 Å². The normalized spacial score (nSPS) is 20.7. The quantitative estimate of drug-likeness (QED) is 0.599. The number of rotatable bonds is 2. The Labute approximate surface area is 74.3 Å². The number of hydrogen-bond donors (Lipinski definition) is 0. The SMILES string of the molecule is CC(C)CN1CCN(C)CC1=O. The molecule has 1 heterocycles. The highest BCUT2D eigenvalue weighted by atomic mass is 16.2. The van der Waals surface area contributed by atoms with Crippen LogP contribution in [-0.2, 0) is 4.79 Å². The molecule has 0 radical (unpaired) electrons. The summed E-state index contributed by atoms with van der Waals surface area (Å²) in [4.78, 5) is 15.5. The van der Waals surface area contributed by atoms with Crippen molar-refractivity contribution in [2.24, 2.45) is 5.92 Å². The van der Waals surface area contributed by atoms with E-state index in [9.17, 15) is 4.79 Å². The van der Waals surface area contributed by atoms with Crippen molar-refractivity contribution in [2.75, 3.05) is 33.2 Å². The van der Waals surface area contributed by atoms with E-state index in [4.69, 9.17) is 0 Å². The van der Waals surface area contributed by atoms with Crippen molar-refractivity contribution >= 4 is 5.91 Å². The predicted octanol–water partition coefficient (Wildman–Crippen LogP) is 0.416. The summed E-state index contributed by atoms with van der Waals surface area (Å²) in [5.74, 6) is 0.856. The molecule has 3 nitrogen and oxygen atoms in total.